The van der Waals surface area contributed by atoms with E-state index in [9.17, 15) is 4.79 Å². The van der Waals surface area contributed by atoms with Crippen LogP contribution < -0.4 is 5.48 Å². The third-order valence-corrected chi connectivity index (χ3v) is 2.79. The molecule has 0 saturated carbocycles. The number of benzene rings is 1. The first-order chi connectivity index (χ1) is 9.87. The lowest BCUT2D eigenvalue weighted by atomic mass is 10.1. The first-order valence-corrected chi connectivity index (χ1v) is 6.71. The summed E-state index contributed by atoms with van der Waals surface area (Å²) in [7, 11) is 0. The van der Waals surface area contributed by atoms with Gasteiger partial charge in [0.25, 0.3) is 0 Å². The van der Waals surface area contributed by atoms with Gasteiger partial charge in [0.1, 0.15) is 11.7 Å². The van der Waals surface area contributed by atoms with Gasteiger partial charge in [-0.15, -0.1) is 0 Å². The molecule has 0 spiro atoms. The summed E-state index contributed by atoms with van der Waals surface area (Å²) in [5, 5.41) is 8.77. The molecule has 1 N–H and O–H groups in total. The number of carbonyl (C=O) groups is 1. The lowest BCUT2D eigenvalue weighted by Crippen LogP contribution is -2.25. The molecule has 2 rings (SSSR count). The second kappa shape index (κ2) is 5.98. The minimum absolute atomic E-state index is 0.143. The van der Waals surface area contributed by atoms with Crippen molar-refractivity contribution in [2.45, 2.75) is 38.9 Å². The molecule has 1 heterocycles. The number of hydrogen-bond acceptors (Lipinski definition) is 5. The van der Waals surface area contributed by atoms with Crippen molar-refractivity contribution in [2.24, 2.45) is 0 Å². The summed E-state index contributed by atoms with van der Waals surface area (Å²) in [6, 6.07) is 9.20. The molecule has 1 aliphatic rings. The Morgan fingerprint density at radius 1 is 1.38 bits per heavy atom. The third kappa shape index (κ3) is 4.33. The first-order valence-electron chi connectivity index (χ1n) is 6.71. The van der Waals surface area contributed by atoms with E-state index in [4.69, 9.17) is 14.8 Å². The molecule has 0 bridgehead atoms. The Kier molecular flexibility index (Phi) is 4.29. The molecular formula is C16H18N2O3. The number of hydrogen-bond donors (Lipinski definition) is 1. The Bertz CT molecular complexity index is 591. The van der Waals surface area contributed by atoms with Crippen molar-refractivity contribution in [2.75, 3.05) is 0 Å². The van der Waals surface area contributed by atoms with E-state index >= 15 is 0 Å². The molecule has 1 aromatic rings. The van der Waals surface area contributed by atoms with Crippen LogP contribution in [0.1, 0.15) is 44.4 Å². The number of nitrogens with zero attached hydrogens (tertiary/aromatic N) is 1. The first kappa shape index (κ1) is 15.1. The number of nitrogens with one attached hydrogen (secondary N) is 1. The number of rotatable bonds is 3. The van der Waals surface area contributed by atoms with Crippen LogP contribution in [0.5, 0.6) is 0 Å². The van der Waals surface area contributed by atoms with Gasteiger partial charge in [-0.2, -0.15) is 5.26 Å². The molecule has 0 fully saturated rings. The Morgan fingerprint density at radius 3 is 2.62 bits per heavy atom. The van der Waals surface area contributed by atoms with Gasteiger partial charge in [0.05, 0.1) is 18.1 Å². The molecule has 1 aromatic carbocycles. The number of esters is 1. The molecule has 1 aliphatic heterocycles. The van der Waals surface area contributed by atoms with Crippen molar-refractivity contribution in [1.29, 1.82) is 5.26 Å². The third-order valence-electron chi connectivity index (χ3n) is 2.79. The summed E-state index contributed by atoms with van der Waals surface area (Å²) in [5.74, 6) is -0.301. The van der Waals surface area contributed by atoms with Gasteiger partial charge < -0.3 is 4.74 Å². The maximum absolute atomic E-state index is 11.7. The number of hydroxylamine groups is 1. The molecule has 110 valence electrons. The van der Waals surface area contributed by atoms with Gasteiger partial charge in [0.2, 0.25) is 0 Å². The highest BCUT2D eigenvalue weighted by Gasteiger charge is 2.22. The predicted molar refractivity (Wildman–Crippen MR) is 76.7 cm³/mol. The van der Waals surface area contributed by atoms with Gasteiger partial charge in [0, 0.05) is 5.70 Å². The fraction of sp³-hybridized carbons (Fsp3) is 0.375. The van der Waals surface area contributed by atoms with Crippen LogP contribution in [-0.4, -0.2) is 11.6 Å². The van der Waals surface area contributed by atoms with Crippen LogP contribution in [0.25, 0.3) is 0 Å². The van der Waals surface area contributed by atoms with Crippen molar-refractivity contribution in [3.8, 4) is 6.07 Å². The second-order valence-corrected chi connectivity index (χ2v) is 5.83. The average molecular weight is 286 g/mol. The molecule has 21 heavy (non-hydrogen) atoms. The zero-order chi connectivity index (χ0) is 15.5. The molecular weight excluding hydrogens is 268 g/mol. The number of ether oxygens (including phenoxy) is 1. The van der Waals surface area contributed by atoms with Crippen molar-refractivity contribution in [3.63, 3.8) is 0 Å². The van der Waals surface area contributed by atoms with Crippen molar-refractivity contribution < 1.29 is 14.4 Å². The SMILES string of the molecule is CC(C)(C)OC(=O)CC1=CC(c2ccc(C#N)cc2)ON1. The van der Waals surface area contributed by atoms with Crippen molar-refractivity contribution >= 4 is 5.97 Å². The van der Waals surface area contributed by atoms with Crippen LogP contribution in [0.4, 0.5) is 0 Å². The van der Waals surface area contributed by atoms with Crippen molar-refractivity contribution in [3.05, 3.63) is 47.2 Å². The average Bonchev–Trinajstić information content (AvgIpc) is 2.85. The minimum Gasteiger partial charge on any atom is -0.460 e. The summed E-state index contributed by atoms with van der Waals surface area (Å²) in [4.78, 5) is 17.2. The zero-order valence-electron chi connectivity index (χ0n) is 12.3. The molecule has 0 amide bonds. The van der Waals surface area contributed by atoms with Crippen LogP contribution in [0.2, 0.25) is 0 Å². The van der Waals surface area contributed by atoms with E-state index in [-0.39, 0.29) is 18.5 Å². The molecule has 5 heteroatoms. The Morgan fingerprint density at radius 2 is 2.05 bits per heavy atom. The summed E-state index contributed by atoms with van der Waals surface area (Å²) in [6.45, 7) is 5.49. The van der Waals surface area contributed by atoms with Gasteiger partial charge >= 0.3 is 5.97 Å². The van der Waals surface area contributed by atoms with Crippen LogP contribution in [0.3, 0.4) is 0 Å². The quantitative estimate of drug-likeness (QED) is 0.865. The smallest absolute Gasteiger partial charge is 0.312 e. The molecule has 1 atom stereocenters. The summed E-state index contributed by atoms with van der Waals surface area (Å²) >= 11 is 0. The Labute approximate surface area is 124 Å². The lowest BCUT2D eigenvalue weighted by molar-refractivity contribution is -0.154. The lowest BCUT2D eigenvalue weighted by Gasteiger charge is -2.19. The molecule has 0 aliphatic carbocycles. The summed E-state index contributed by atoms with van der Waals surface area (Å²) < 4.78 is 5.26. The predicted octanol–water partition coefficient (Wildman–Crippen LogP) is 2.75. The van der Waals surface area contributed by atoms with Gasteiger partial charge in [0.15, 0.2) is 0 Å². The van der Waals surface area contributed by atoms with E-state index in [1.54, 1.807) is 12.1 Å². The molecule has 1 unspecified atom stereocenters. The van der Waals surface area contributed by atoms with E-state index in [2.05, 4.69) is 11.5 Å². The number of carbonyl (C=O) groups excluding carboxylic acids is 1. The van der Waals surface area contributed by atoms with Crippen LogP contribution in [-0.2, 0) is 14.4 Å². The van der Waals surface area contributed by atoms with Gasteiger partial charge in [-0.3, -0.25) is 15.1 Å². The normalized spacial score (nSPS) is 17.6. The maximum Gasteiger partial charge on any atom is 0.312 e. The largest absolute Gasteiger partial charge is 0.460 e. The van der Waals surface area contributed by atoms with Crippen LogP contribution >= 0.6 is 0 Å². The van der Waals surface area contributed by atoms with Crippen molar-refractivity contribution in [1.82, 2.24) is 5.48 Å². The summed E-state index contributed by atoms with van der Waals surface area (Å²) in [6.07, 6.45) is 1.71. The topological polar surface area (TPSA) is 71.4 Å². The molecule has 0 radical (unpaired) electrons. The molecule has 5 nitrogen and oxygen atoms in total. The van der Waals surface area contributed by atoms with E-state index in [0.717, 1.165) is 5.56 Å². The highest BCUT2D eigenvalue weighted by Crippen LogP contribution is 2.25. The van der Waals surface area contributed by atoms with E-state index in [1.165, 1.54) is 0 Å². The van der Waals surface area contributed by atoms with Gasteiger partial charge in [-0.05, 0) is 44.5 Å². The fourth-order valence-corrected chi connectivity index (χ4v) is 1.93. The zero-order valence-corrected chi connectivity index (χ0v) is 12.3. The highest BCUT2D eigenvalue weighted by atomic mass is 16.7. The monoisotopic (exact) mass is 286 g/mol. The Hall–Kier alpha value is -2.32. The Balaban J connectivity index is 1.98. The standard InChI is InChI=1S/C16H18N2O3/c1-16(2,3)20-15(19)9-13-8-14(21-18-13)12-6-4-11(10-17)5-7-12/h4-8,14,18H,9H2,1-3H3. The maximum atomic E-state index is 11.7. The highest BCUT2D eigenvalue weighted by molar-refractivity contribution is 5.72. The van der Waals surface area contributed by atoms with E-state index in [1.807, 2.05) is 39.0 Å². The van der Waals surface area contributed by atoms with Crippen LogP contribution in [0.15, 0.2) is 36.0 Å². The fourth-order valence-electron chi connectivity index (χ4n) is 1.93. The minimum atomic E-state index is -0.496. The van der Waals surface area contributed by atoms with Gasteiger partial charge in [-0.25, -0.2) is 0 Å². The number of nitriles is 1. The van der Waals surface area contributed by atoms with Crippen LogP contribution in [0, 0.1) is 11.3 Å². The summed E-state index contributed by atoms with van der Waals surface area (Å²) in [5.41, 5.74) is 4.45. The second-order valence-electron chi connectivity index (χ2n) is 5.83. The van der Waals surface area contributed by atoms with Gasteiger partial charge in [-0.1, -0.05) is 12.1 Å². The molecule has 0 aromatic heterocycles. The van der Waals surface area contributed by atoms with E-state index in [0.29, 0.717) is 11.3 Å². The van der Waals surface area contributed by atoms with E-state index < -0.39 is 5.60 Å². The molecule has 0 saturated heterocycles.